The van der Waals surface area contributed by atoms with Crippen molar-refractivity contribution in [1.29, 1.82) is 0 Å². The van der Waals surface area contributed by atoms with E-state index in [2.05, 4.69) is 23.2 Å². The predicted octanol–water partition coefficient (Wildman–Crippen LogP) is 6.31. The third-order valence-corrected chi connectivity index (χ3v) is 8.03. The van der Waals surface area contributed by atoms with E-state index in [4.69, 9.17) is 25.0 Å². The Bertz CT molecular complexity index is 1870. The maximum absolute atomic E-state index is 12.7. The van der Waals surface area contributed by atoms with Crippen LogP contribution >= 0.6 is 0 Å². The number of amides is 1. The second-order valence-electron chi connectivity index (χ2n) is 11.4. The van der Waals surface area contributed by atoms with Crippen molar-refractivity contribution < 1.29 is 23.8 Å². The molecule has 1 saturated heterocycles. The SMILES string of the molecule is CCOC(=O)Cc1ccccc1OCc1nn([C@H]2CCN(C(=O)OC(C)C)C2)c2ccc(-c3ccc(N)c4cnccc34)cc12. The molecule has 1 amide bonds. The highest BCUT2D eigenvalue weighted by atomic mass is 16.6. The van der Waals surface area contributed by atoms with Crippen LogP contribution in [-0.2, 0) is 27.3 Å². The lowest BCUT2D eigenvalue weighted by molar-refractivity contribution is -0.142. The fourth-order valence-corrected chi connectivity index (χ4v) is 5.91. The van der Waals surface area contributed by atoms with Gasteiger partial charge in [0, 0.05) is 47.5 Å². The fourth-order valence-electron chi connectivity index (χ4n) is 5.91. The standard InChI is InChI=1S/C35H37N5O5/c1-4-43-34(41)18-24-7-5-6-8-33(24)44-21-31-28-17-23(26-10-11-30(36)29-19-37-15-13-27(26)29)9-12-32(28)40(38-31)25-14-16-39(20-25)35(42)45-22(2)3/h5-13,15,17,19,22,25H,4,14,16,18,20-21,36H2,1-3H3/t25-/m0/s1. The molecule has 1 atom stereocenters. The quantitative estimate of drug-likeness (QED) is 0.153. The Morgan fingerprint density at radius 1 is 1.04 bits per heavy atom. The number of para-hydroxylation sites is 1. The van der Waals surface area contributed by atoms with Crippen molar-refractivity contribution in [3.8, 4) is 16.9 Å². The lowest BCUT2D eigenvalue weighted by atomic mass is 9.97. The van der Waals surface area contributed by atoms with E-state index < -0.39 is 0 Å². The van der Waals surface area contributed by atoms with E-state index in [-0.39, 0.29) is 37.2 Å². The van der Waals surface area contributed by atoms with Gasteiger partial charge < -0.3 is 24.8 Å². The van der Waals surface area contributed by atoms with Crippen LogP contribution in [0.15, 0.2) is 73.1 Å². The number of hydrogen-bond acceptors (Lipinski definition) is 8. The monoisotopic (exact) mass is 607 g/mol. The summed E-state index contributed by atoms with van der Waals surface area (Å²) in [5.74, 6) is 0.297. The van der Waals surface area contributed by atoms with E-state index in [1.54, 1.807) is 24.2 Å². The largest absolute Gasteiger partial charge is 0.487 e. The minimum atomic E-state index is -0.308. The van der Waals surface area contributed by atoms with Crippen LogP contribution in [0.25, 0.3) is 32.8 Å². The second-order valence-corrected chi connectivity index (χ2v) is 11.4. The molecule has 0 aliphatic carbocycles. The first kappa shape index (κ1) is 29.9. The van der Waals surface area contributed by atoms with Crippen molar-refractivity contribution in [2.75, 3.05) is 25.4 Å². The number of pyridine rings is 1. The third kappa shape index (κ3) is 6.26. The first-order valence-electron chi connectivity index (χ1n) is 15.3. The smallest absolute Gasteiger partial charge is 0.410 e. The molecule has 3 heterocycles. The summed E-state index contributed by atoms with van der Waals surface area (Å²) in [5.41, 5.74) is 11.4. The minimum absolute atomic E-state index is 0.0219. The zero-order valence-electron chi connectivity index (χ0n) is 25.7. The van der Waals surface area contributed by atoms with Crippen molar-refractivity contribution in [2.24, 2.45) is 0 Å². The zero-order valence-corrected chi connectivity index (χ0v) is 25.7. The molecule has 0 unspecified atom stereocenters. The number of carbonyl (C=O) groups excluding carboxylic acids is 2. The molecule has 45 heavy (non-hydrogen) atoms. The summed E-state index contributed by atoms with van der Waals surface area (Å²) in [4.78, 5) is 30.9. The highest BCUT2D eigenvalue weighted by Crippen LogP contribution is 2.36. The van der Waals surface area contributed by atoms with Crippen molar-refractivity contribution >= 4 is 39.4 Å². The Morgan fingerprint density at radius 3 is 2.71 bits per heavy atom. The van der Waals surface area contributed by atoms with Gasteiger partial charge in [0.2, 0.25) is 0 Å². The fraction of sp³-hybridized carbons (Fsp3) is 0.314. The average molecular weight is 608 g/mol. The summed E-state index contributed by atoms with van der Waals surface area (Å²) < 4.78 is 19.0. The van der Waals surface area contributed by atoms with Crippen LogP contribution in [-0.4, -0.2) is 57.5 Å². The maximum Gasteiger partial charge on any atom is 0.410 e. The van der Waals surface area contributed by atoms with Crippen molar-refractivity contribution in [3.05, 3.63) is 84.3 Å². The van der Waals surface area contributed by atoms with Gasteiger partial charge in [-0.3, -0.25) is 14.5 Å². The van der Waals surface area contributed by atoms with E-state index in [0.29, 0.717) is 31.1 Å². The van der Waals surface area contributed by atoms with Crippen LogP contribution in [0.3, 0.4) is 0 Å². The van der Waals surface area contributed by atoms with Crippen LogP contribution in [0, 0.1) is 0 Å². The highest BCUT2D eigenvalue weighted by molar-refractivity contribution is 6.03. The topological polar surface area (TPSA) is 122 Å². The number of carbonyl (C=O) groups is 2. The lowest BCUT2D eigenvalue weighted by Gasteiger charge is -2.18. The summed E-state index contributed by atoms with van der Waals surface area (Å²) >= 11 is 0. The van der Waals surface area contributed by atoms with Crippen LogP contribution in [0.1, 0.15) is 44.5 Å². The molecule has 1 aliphatic rings. The van der Waals surface area contributed by atoms with Crippen molar-refractivity contribution in [2.45, 2.75) is 52.4 Å². The zero-order chi connectivity index (χ0) is 31.5. The number of nitrogens with zero attached hydrogens (tertiary/aromatic N) is 4. The predicted molar refractivity (Wildman–Crippen MR) is 173 cm³/mol. The van der Waals surface area contributed by atoms with Crippen molar-refractivity contribution in [3.63, 3.8) is 0 Å². The normalized spacial score (nSPS) is 14.8. The number of ether oxygens (including phenoxy) is 3. The van der Waals surface area contributed by atoms with E-state index in [1.165, 1.54) is 0 Å². The number of rotatable bonds is 9. The number of nitrogens with two attached hydrogens (primary N) is 1. The first-order valence-corrected chi connectivity index (χ1v) is 15.3. The second kappa shape index (κ2) is 12.9. The van der Waals surface area contributed by atoms with E-state index in [1.807, 2.05) is 61.0 Å². The van der Waals surface area contributed by atoms with Gasteiger partial charge in [0.05, 0.1) is 30.7 Å². The molecule has 3 aromatic carbocycles. The molecule has 2 N–H and O–H groups in total. The molecular formula is C35H37N5O5. The molecule has 5 aromatic rings. The van der Waals surface area contributed by atoms with Gasteiger partial charge in [-0.25, -0.2) is 4.79 Å². The number of fused-ring (bicyclic) bond motifs is 2. The summed E-state index contributed by atoms with van der Waals surface area (Å²) in [6, 6.07) is 19.7. The van der Waals surface area contributed by atoms with Crippen molar-refractivity contribution in [1.82, 2.24) is 19.7 Å². The Labute approximate surface area is 261 Å². The van der Waals surface area contributed by atoms with E-state index >= 15 is 0 Å². The molecule has 2 aromatic heterocycles. The number of hydrogen-bond donors (Lipinski definition) is 1. The van der Waals surface area contributed by atoms with Gasteiger partial charge in [0.25, 0.3) is 0 Å². The average Bonchev–Trinajstić information content (AvgIpc) is 3.66. The summed E-state index contributed by atoms with van der Waals surface area (Å²) in [7, 11) is 0. The summed E-state index contributed by atoms with van der Waals surface area (Å²) in [5, 5.41) is 7.91. The Hall–Kier alpha value is -5.12. The molecule has 232 valence electrons. The molecule has 0 saturated carbocycles. The van der Waals surface area contributed by atoms with Gasteiger partial charge in [-0.05, 0) is 74.0 Å². The van der Waals surface area contributed by atoms with Crippen LogP contribution in [0.4, 0.5) is 10.5 Å². The molecule has 10 heteroatoms. The molecule has 0 radical (unpaired) electrons. The number of esters is 1. The maximum atomic E-state index is 12.7. The molecular weight excluding hydrogens is 570 g/mol. The molecule has 10 nitrogen and oxygen atoms in total. The van der Waals surface area contributed by atoms with Gasteiger partial charge in [-0.15, -0.1) is 0 Å². The van der Waals surface area contributed by atoms with Gasteiger partial charge >= 0.3 is 12.1 Å². The Morgan fingerprint density at radius 2 is 1.89 bits per heavy atom. The summed E-state index contributed by atoms with van der Waals surface area (Å²) in [6.45, 7) is 7.09. The number of nitrogen functional groups attached to an aromatic ring is 1. The number of benzene rings is 3. The molecule has 6 rings (SSSR count). The number of anilines is 1. The Kier molecular flexibility index (Phi) is 8.55. The third-order valence-electron chi connectivity index (χ3n) is 8.03. The van der Waals surface area contributed by atoms with Crippen LogP contribution in [0.5, 0.6) is 5.75 Å². The summed E-state index contributed by atoms with van der Waals surface area (Å²) in [6.07, 6.45) is 3.93. The number of likely N-dealkylation sites (tertiary alicyclic amines) is 1. The highest BCUT2D eigenvalue weighted by Gasteiger charge is 2.31. The van der Waals surface area contributed by atoms with Crippen LogP contribution < -0.4 is 10.5 Å². The number of aromatic nitrogens is 3. The molecule has 1 aliphatic heterocycles. The Balaban J connectivity index is 1.37. The van der Waals surface area contributed by atoms with Gasteiger partial charge in [0.15, 0.2) is 0 Å². The van der Waals surface area contributed by atoms with Gasteiger partial charge in [0.1, 0.15) is 18.1 Å². The molecule has 1 fully saturated rings. The molecule has 0 bridgehead atoms. The first-order chi connectivity index (χ1) is 21.8. The van der Waals surface area contributed by atoms with Gasteiger partial charge in [-0.2, -0.15) is 5.10 Å². The molecule has 0 spiro atoms. The lowest BCUT2D eigenvalue weighted by Crippen LogP contribution is -2.31. The minimum Gasteiger partial charge on any atom is -0.487 e. The van der Waals surface area contributed by atoms with Crippen LogP contribution in [0.2, 0.25) is 0 Å². The van der Waals surface area contributed by atoms with E-state index in [0.717, 1.165) is 50.5 Å². The van der Waals surface area contributed by atoms with Gasteiger partial charge in [-0.1, -0.05) is 30.3 Å². The van der Waals surface area contributed by atoms with E-state index in [9.17, 15) is 9.59 Å².